The summed E-state index contributed by atoms with van der Waals surface area (Å²) in [6.07, 6.45) is -1.38. The van der Waals surface area contributed by atoms with Crippen LogP contribution in [0.5, 0.6) is 0 Å². The molecule has 15 nitrogen and oxygen atoms in total. The highest BCUT2D eigenvalue weighted by Gasteiger charge is 2.36. The number of thiophene rings is 1. The Labute approximate surface area is 214 Å². The Morgan fingerprint density at radius 2 is 1.87 bits per heavy atom. The first-order valence-electron chi connectivity index (χ1n) is 10.5. The van der Waals surface area contributed by atoms with Crippen LogP contribution in [-0.4, -0.2) is 46.2 Å². The van der Waals surface area contributed by atoms with Crippen LogP contribution in [0, 0.1) is 34.1 Å². The van der Waals surface area contributed by atoms with Crippen LogP contribution in [0.2, 0.25) is 0 Å². The summed E-state index contributed by atoms with van der Waals surface area (Å²) >= 11 is 0.689. The topological polar surface area (TPSA) is 207 Å². The number of aromatic nitrogens is 5. The van der Waals surface area contributed by atoms with Crippen molar-refractivity contribution in [3.8, 4) is 11.1 Å². The number of carbonyl (C=O) groups excluding carboxylic acids is 2. The van der Waals surface area contributed by atoms with Gasteiger partial charge in [0, 0.05) is 24.2 Å². The largest absolute Gasteiger partial charge is 0.468 e. The van der Waals surface area contributed by atoms with Gasteiger partial charge in [-0.25, -0.2) is 13.8 Å². The number of alkyl halides is 2. The number of nitrogens with one attached hydrogen (secondary N) is 1. The highest BCUT2D eigenvalue weighted by molar-refractivity contribution is 7.21. The van der Waals surface area contributed by atoms with E-state index >= 15 is 0 Å². The molecular formula is C20H17F2N9O6S. The Kier molecular flexibility index (Phi) is 6.58. The number of pyridine rings is 1. The molecule has 4 heterocycles. The van der Waals surface area contributed by atoms with Gasteiger partial charge in [-0.3, -0.25) is 24.4 Å². The van der Waals surface area contributed by atoms with E-state index < -0.39 is 51.8 Å². The van der Waals surface area contributed by atoms with Crippen LogP contribution in [0.25, 0.3) is 21.3 Å². The summed E-state index contributed by atoms with van der Waals surface area (Å²) in [6, 6.07) is 1.12. The molecule has 0 aliphatic rings. The number of primary amides is 1. The van der Waals surface area contributed by atoms with E-state index in [1.165, 1.54) is 11.6 Å². The zero-order valence-electron chi connectivity index (χ0n) is 19.8. The van der Waals surface area contributed by atoms with Crippen LogP contribution in [0.15, 0.2) is 12.3 Å². The van der Waals surface area contributed by atoms with Gasteiger partial charge >= 0.3 is 11.5 Å². The van der Waals surface area contributed by atoms with E-state index in [0.29, 0.717) is 22.6 Å². The summed E-state index contributed by atoms with van der Waals surface area (Å²) in [5.41, 5.74) is 4.78. The molecule has 0 saturated heterocycles. The van der Waals surface area contributed by atoms with Crippen molar-refractivity contribution < 1.29 is 28.2 Å². The second-order valence-electron chi connectivity index (χ2n) is 8.03. The van der Waals surface area contributed by atoms with Gasteiger partial charge < -0.3 is 21.2 Å². The molecule has 198 valence electrons. The third kappa shape index (κ3) is 4.51. The summed E-state index contributed by atoms with van der Waals surface area (Å²) in [6.45, 7) is 2.11. The molecule has 0 saturated carbocycles. The van der Waals surface area contributed by atoms with Crippen LogP contribution in [0.4, 0.5) is 26.0 Å². The lowest BCUT2D eigenvalue weighted by Gasteiger charge is -2.10. The maximum Gasteiger partial charge on any atom is 0.468 e. The average Bonchev–Trinajstić information content (AvgIpc) is 3.46. The summed E-state index contributed by atoms with van der Waals surface area (Å²) in [4.78, 5) is 49.4. The number of aryl methyl sites for hydroxylation is 2. The fourth-order valence-electron chi connectivity index (χ4n) is 3.92. The van der Waals surface area contributed by atoms with Crippen LogP contribution in [0.1, 0.15) is 33.2 Å². The Morgan fingerprint density at radius 3 is 2.37 bits per heavy atom. The van der Waals surface area contributed by atoms with Gasteiger partial charge in [0.1, 0.15) is 27.6 Å². The molecule has 0 unspecified atom stereocenters. The van der Waals surface area contributed by atoms with E-state index in [2.05, 4.69) is 20.5 Å². The van der Waals surface area contributed by atoms with Crippen LogP contribution in [-0.2, 0) is 18.4 Å². The third-order valence-electron chi connectivity index (χ3n) is 5.50. The highest BCUT2D eigenvalue weighted by Crippen LogP contribution is 2.43. The minimum absolute atomic E-state index is 0.00769. The number of halogens is 2. The summed E-state index contributed by atoms with van der Waals surface area (Å²) < 4.78 is 29.5. The minimum atomic E-state index is -2.94. The predicted molar refractivity (Wildman–Crippen MR) is 129 cm³/mol. The van der Waals surface area contributed by atoms with Crippen LogP contribution in [0.3, 0.4) is 0 Å². The van der Waals surface area contributed by atoms with Gasteiger partial charge in [0.05, 0.1) is 21.4 Å². The predicted octanol–water partition coefficient (Wildman–Crippen LogP) is 3.00. The zero-order valence-corrected chi connectivity index (χ0v) is 20.6. The monoisotopic (exact) mass is 549 g/mol. The molecule has 0 fully saturated rings. The van der Waals surface area contributed by atoms with Crippen molar-refractivity contribution in [3.05, 3.63) is 54.5 Å². The smallest absolute Gasteiger partial charge is 0.365 e. The number of nitrogens with zero attached hydrogens (tertiary/aromatic N) is 7. The second-order valence-corrected chi connectivity index (χ2v) is 9.02. The summed E-state index contributed by atoms with van der Waals surface area (Å²) in [5.74, 6) is -2.90. The molecule has 18 heteroatoms. The number of anilines is 1. The lowest BCUT2D eigenvalue weighted by Crippen LogP contribution is -2.22. The molecule has 0 aromatic carbocycles. The van der Waals surface area contributed by atoms with Gasteiger partial charge in [0.25, 0.3) is 12.3 Å². The zero-order chi connectivity index (χ0) is 28.0. The van der Waals surface area contributed by atoms with Crippen molar-refractivity contribution in [2.75, 3.05) is 5.32 Å². The molecule has 0 atom stereocenters. The van der Waals surface area contributed by atoms with E-state index in [4.69, 9.17) is 5.73 Å². The number of amides is 2. The second kappa shape index (κ2) is 9.54. The van der Waals surface area contributed by atoms with Crippen LogP contribution < -0.4 is 11.1 Å². The highest BCUT2D eigenvalue weighted by atomic mass is 32.1. The SMILES string of the molecule is Cc1nn(C)cc1-c1cc(C(F)F)nc2sc(C(N)=O)c(NC(=O)Cn3nc([N+](=O)[O-])c([N+](=O)[O-])c3C)c12. The molecule has 4 aromatic rings. The molecule has 0 aliphatic heterocycles. The lowest BCUT2D eigenvalue weighted by atomic mass is 10.0. The molecule has 0 aliphatic carbocycles. The van der Waals surface area contributed by atoms with Gasteiger partial charge in [-0.1, -0.05) is 0 Å². The Balaban J connectivity index is 1.85. The Bertz CT molecular complexity index is 1660. The number of fused-ring (bicyclic) bond motifs is 1. The van der Waals surface area contributed by atoms with Gasteiger partial charge in [-0.15, -0.1) is 11.3 Å². The molecule has 3 N–H and O–H groups in total. The van der Waals surface area contributed by atoms with Crippen molar-refractivity contribution >= 4 is 50.6 Å². The number of hydrogen-bond acceptors (Lipinski definition) is 10. The molecule has 0 spiro atoms. The summed E-state index contributed by atoms with van der Waals surface area (Å²) in [5, 5.41) is 32.8. The average molecular weight is 549 g/mol. The number of rotatable bonds is 8. The molecule has 0 bridgehead atoms. The maximum atomic E-state index is 13.7. The fraction of sp³-hybridized carbons (Fsp3) is 0.250. The van der Waals surface area contributed by atoms with Crippen molar-refractivity contribution in [1.82, 2.24) is 24.5 Å². The van der Waals surface area contributed by atoms with Crippen molar-refractivity contribution in [2.45, 2.75) is 26.8 Å². The van der Waals surface area contributed by atoms with E-state index in [1.54, 1.807) is 20.2 Å². The molecule has 4 rings (SSSR count). The van der Waals surface area contributed by atoms with Crippen LogP contribution >= 0.6 is 11.3 Å². The first kappa shape index (κ1) is 26.2. The van der Waals surface area contributed by atoms with Crippen molar-refractivity contribution in [1.29, 1.82) is 0 Å². The van der Waals surface area contributed by atoms with E-state index in [1.807, 2.05) is 0 Å². The molecular weight excluding hydrogens is 532 g/mol. The van der Waals surface area contributed by atoms with E-state index in [0.717, 1.165) is 10.7 Å². The number of nitrogens with two attached hydrogens (primary N) is 1. The van der Waals surface area contributed by atoms with E-state index in [-0.39, 0.29) is 32.0 Å². The summed E-state index contributed by atoms with van der Waals surface area (Å²) in [7, 11) is 1.62. The lowest BCUT2D eigenvalue weighted by molar-refractivity contribution is -0.424. The molecule has 38 heavy (non-hydrogen) atoms. The number of nitro groups is 2. The molecule has 0 radical (unpaired) electrons. The number of carbonyl (C=O) groups is 2. The van der Waals surface area contributed by atoms with Crippen molar-refractivity contribution in [3.63, 3.8) is 0 Å². The normalized spacial score (nSPS) is 11.3. The standard InChI is InChI=1S/C20H17F2N9O6S/c1-7-10(5-28(3)26-7)9-4-11(17(21)22)24-20-13(9)14(16(38-20)18(23)33)25-12(32)6-29-8(2)15(30(34)35)19(27-29)31(36)37/h4-5,17H,6H2,1-3H3,(H2,23,33)(H,25,32). The van der Waals surface area contributed by atoms with Crippen molar-refractivity contribution in [2.24, 2.45) is 12.8 Å². The first-order valence-corrected chi connectivity index (χ1v) is 11.3. The van der Waals surface area contributed by atoms with Gasteiger partial charge in [-0.05, 0) is 30.4 Å². The minimum Gasteiger partial charge on any atom is -0.365 e. The quantitative estimate of drug-likeness (QED) is 0.244. The van der Waals surface area contributed by atoms with Gasteiger partial charge in [-0.2, -0.15) is 9.78 Å². The first-order chi connectivity index (χ1) is 17.8. The van der Waals surface area contributed by atoms with Gasteiger partial charge in [0.2, 0.25) is 5.91 Å². The molecule has 2 amide bonds. The van der Waals surface area contributed by atoms with Gasteiger partial charge in [0.15, 0.2) is 0 Å². The van der Waals surface area contributed by atoms with E-state index in [9.17, 15) is 38.6 Å². The Hall–Kier alpha value is -4.87. The maximum absolute atomic E-state index is 13.7. The fourth-order valence-corrected chi connectivity index (χ4v) is 4.94. The molecule has 4 aromatic heterocycles. The number of hydrogen-bond donors (Lipinski definition) is 2. The Morgan fingerprint density at radius 1 is 1.18 bits per heavy atom. The third-order valence-corrected chi connectivity index (χ3v) is 6.60.